The maximum absolute atomic E-state index is 3.61. The number of allylic oxidation sites excluding steroid dienone is 1. The lowest BCUT2D eigenvalue weighted by Gasteiger charge is -2.39. The second-order valence-corrected chi connectivity index (χ2v) is 3.85. The van der Waals surface area contributed by atoms with Gasteiger partial charge in [-0.25, -0.2) is 0 Å². The van der Waals surface area contributed by atoms with E-state index in [0.29, 0.717) is 0 Å². The Balaban J connectivity index is 2.51. The van der Waals surface area contributed by atoms with E-state index in [-0.39, 0.29) is 0 Å². The summed E-state index contributed by atoms with van der Waals surface area (Å²) in [6.07, 6.45) is 5.86. The molecule has 1 nitrogen and oxygen atoms in total. The van der Waals surface area contributed by atoms with E-state index in [2.05, 4.69) is 25.3 Å². The standard InChI is InChI=1S/C12H20N/c1-3-5-7-10-13(4-2)11-8-6-9-12-13/h3H,1,4,6,8-12H2,2H3/q+1. The van der Waals surface area contributed by atoms with Crippen LogP contribution < -0.4 is 0 Å². The molecule has 0 aromatic heterocycles. The fourth-order valence-electron chi connectivity index (χ4n) is 2.05. The van der Waals surface area contributed by atoms with Crippen molar-refractivity contribution < 1.29 is 4.48 Å². The first-order chi connectivity index (χ1) is 6.33. The maximum Gasteiger partial charge on any atom is 0.141 e. The molecule has 13 heavy (non-hydrogen) atoms. The second kappa shape index (κ2) is 5.09. The first-order valence-electron chi connectivity index (χ1n) is 5.27. The summed E-state index contributed by atoms with van der Waals surface area (Å²) >= 11 is 0. The highest BCUT2D eigenvalue weighted by Crippen LogP contribution is 2.17. The van der Waals surface area contributed by atoms with E-state index < -0.39 is 0 Å². The SMILES string of the molecule is C=CC#CC[N+]1(CC)CCCCC1. The Morgan fingerprint density at radius 1 is 1.31 bits per heavy atom. The molecule has 0 atom stereocenters. The van der Waals surface area contributed by atoms with E-state index in [1.54, 1.807) is 6.08 Å². The van der Waals surface area contributed by atoms with Crippen LogP contribution in [0.15, 0.2) is 12.7 Å². The predicted molar refractivity (Wildman–Crippen MR) is 57.2 cm³/mol. The summed E-state index contributed by atoms with van der Waals surface area (Å²) in [6, 6.07) is 0. The minimum absolute atomic E-state index is 1.02. The number of nitrogens with zero attached hydrogens (tertiary/aromatic N) is 1. The van der Waals surface area contributed by atoms with Gasteiger partial charge >= 0.3 is 0 Å². The summed E-state index contributed by atoms with van der Waals surface area (Å²) in [5.41, 5.74) is 0. The summed E-state index contributed by atoms with van der Waals surface area (Å²) in [6.45, 7) is 10.8. The van der Waals surface area contributed by atoms with E-state index in [9.17, 15) is 0 Å². The number of piperidine rings is 1. The molecule has 0 aromatic carbocycles. The fourth-order valence-corrected chi connectivity index (χ4v) is 2.05. The minimum Gasteiger partial charge on any atom is -0.314 e. The average Bonchev–Trinajstić information content (AvgIpc) is 2.20. The van der Waals surface area contributed by atoms with Gasteiger partial charge in [0.2, 0.25) is 0 Å². The molecule has 0 unspecified atom stereocenters. The second-order valence-electron chi connectivity index (χ2n) is 3.85. The van der Waals surface area contributed by atoms with Gasteiger partial charge in [-0.05, 0) is 38.2 Å². The monoisotopic (exact) mass is 178 g/mol. The number of likely N-dealkylation sites (tertiary alicyclic amines) is 1. The van der Waals surface area contributed by atoms with Crippen LogP contribution in [-0.2, 0) is 0 Å². The van der Waals surface area contributed by atoms with Crippen LogP contribution in [0.1, 0.15) is 26.2 Å². The lowest BCUT2D eigenvalue weighted by Crippen LogP contribution is -2.51. The summed E-state index contributed by atoms with van der Waals surface area (Å²) < 4.78 is 1.21. The molecule has 1 aliphatic heterocycles. The Bertz CT molecular complexity index is 213. The summed E-state index contributed by atoms with van der Waals surface area (Å²) in [7, 11) is 0. The first kappa shape index (κ1) is 10.3. The van der Waals surface area contributed by atoms with Crippen LogP contribution in [0.25, 0.3) is 0 Å². The van der Waals surface area contributed by atoms with Crippen LogP contribution in [0.5, 0.6) is 0 Å². The van der Waals surface area contributed by atoms with Gasteiger partial charge in [-0.2, -0.15) is 0 Å². The van der Waals surface area contributed by atoms with Crippen molar-refractivity contribution in [1.29, 1.82) is 0 Å². The molecule has 1 heteroatoms. The highest BCUT2D eigenvalue weighted by Gasteiger charge is 2.26. The zero-order valence-corrected chi connectivity index (χ0v) is 8.68. The number of rotatable bonds is 2. The molecule has 0 bridgehead atoms. The maximum atomic E-state index is 3.61. The van der Waals surface area contributed by atoms with Crippen molar-refractivity contribution >= 4 is 0 Å². The Labute approximate surface area is 82.0 Å². The highest BCUT2D eigenvalue weighted by atomic mass is 15.3. The predicted octanol–water partition coefficient (Wildman–Crippen LogP) is 2.20. The Hall–Kier alpha value is -0.740. The van der Waals surface area contributed by atoms with Gasteiger partial charge in [-0.3, -0.25) is 0 Å². The van der Waals surface area contributed by atoms with Crippen molar-refractivity contribution in [3.63, 3.8) is 0 Å². The smallest absolute Gasteiger partial charge is 0.141 e. The fraction of sp³-hybridized carbons (Fsp3) is 0.667. The van der Waals surface area contributed by atoms with E-state index in [1.165, 1.54) is 43.4 Å². The normalized spacial score (nSPS) is 20.1. The third-order valence-corrected chi connectivity index (χ3v) is 3.05. The quantitative estimate of drug-likeness (QED) is 0.449. The Morgan fingerprint density at radius 3 is 2.54 bits per heavy atom. The van der Waals surface area contributed by atoms with Crippen LogP contribution >= 0.6 is 0 Å². The third kappa shape index (κ3) is 2.90. The summed E-state index contributed by atoms with van der Waals surface area (Å²) in [5.74, 6) is 6.15. The molecule has 1 heterocycles. The Kier molecular flexibility index (Phi) is 4.05. The zero-order valence-electron chi connectivity index (χ0n) is 8.68. The van der Waals surface area contributed by atoms with Crippen LogP contribution in [0.2, 0.25) is 0 Å². The molecule has 0 saturated carbocycles. The van der Waals surface area contributed by atoms with Crippen molar-refractivity contribution in [2.75, 3.05) is 26.2 Å². The summed E-state index contributed by atoms with van der Waals surface area (Å²) in [4.78, 5) is 0. The molecule has 1 saturated heterocycles. The number of quaternary nitrogens is 1. The van der Waals surface area contributed by atoms with Gasteiger partial charge in [0.15, 0.2) is 0 Å². The van der Waals surface area contributed by atoms with Crippen LogP contribution in [0.3, 0.4) is 0 Å². The lowest BCUT2D eigenvalue weighted by atomic mass is 10.1. The van der Waals surface area contributed by atoms with Crippen LogP contribution in [0, 0.1) is 11.8 Å². The van der Waals surface area contributed by atoms with Gasteiger partial charge < -0.3 is 4.48 Å². The lowest BCUT2D eigenvalue weighted by molar-refractivity contribution is -0.924. The van der Waals surface area contributed by atoms with E-state index in [0.717, 1.165) is 6.54 Å². The van der Waals surface area contributed by atoms with Crippen molar-refractivity contribution in [1.82, 2.24) is 0 Å². The molecule has 0 amide bonds. The molecule has 1 rings (SSSR count). The molecule has 0 aliphatic carbocycles. The van der Waals surface area contributed by atoms with Crippen LogP contribution in [-0.4, -0.2) is 30.7 Å². The first-order valence-corrected chi connectivity index (χ1v) is 5.27. The molecular formula is C12H20N+. The van der Waals surface area contributed by atoms with Crippen molar-refractivity contribution in [3.8, 4) is 11.8 Å². The van der Waals surface area contributed by atoms with E-state index >= 15 is 0 Å². The molecule has 72 valence electrons. The highest BCUT2D eigenvalue weighted by molar-refractivity contribution is 5.12. The van der Waals surface area contributed by atoms with Gasteiger partial charge in [0, 0.05) is 0 Å². The molecular weight excluding hydrogens is 158 g/mol. The average molecular weight is 178 g/mol. The van der Waals surface area contributed by atoms with E-state index in [1.807, 2.05) is 0 Å². The third-order valence-electron chi connectivity index (χ3n) is 3.05. The van der Waals surface area contributed by atoms with Gasteiger partial charge in [-0.1, -0.05) is 12.5 Å². The number of hydrogen-bond donors (Lipinski definition) is 0. The van der Waals surface area contributed by atoms with Gasteiger partial charge in [-0.15, -0.1) is 0 Å². The molecule has 0 aromatic rings. The summed E-state index contributed by atoms with van der Waals surface area (Å²) in [5, 5.41) is 0. The topological polar surface area (TPSA) is 0 Å². The van der Waals surface area contributed by atoms with Gasteiger partial charge in [0.05, 0.1) is 19.6 Å². The van der Waals surface area contributed by atoms with Crippen LogP contribution in [0.4, 0.5) is 0 Å². The van der Waals surface area contributed by atoms with E-state index in [4.69, 9.17) is 0 Å². The van der Waals surface area contributed by atoms with Crippen molar-refractivity contribution in [2.45, 2.75) is 26.2 Å². The minimum atomic E-state index is 1.02. The van der Waals surface area contributed by atoms with Gasteiger partial charge in [0.1, 0.15) is 6.54 Å². The van der Waals surface area contributed by atoms with Crippen molar-refractivity contribution in [2.24, 2.45) is 0 Å². The Morgan fingerprint density at radius 2 is 2.00 bits per heavy atom. The molecule has 0 radical (unpaired) electrons. The molecule has 0 spiro atoms. The largest absolute Gasteiger partial charge is 0.314 e. The van der Waals surface area contributed by atoms with Crippen molar-refractivity contribution in [3.05, 3.63) is 12.7 Å². The zero-order chi connectivity index (χ0) is 9.57. The molecule has 1 fully saturated rings. The molecule has 1 aliphatic rings. The molecule has 0 N–H and O–H groups in total. The number of hydrogen-bond acceptors (Lipinski definition) is 0. The van der Waals surface area contributed by atoms with Gasteiger partial charge in [0.25, 0.3) is 0 Å².